The molecule has 2 aliphatic heterocycles. The van der Waals surface area contributed by atoms with Crippen molar-refractivity contribution < 1.29 is 9.59 Å². The number of rotatable bonds is 2. The van der Waals surface area contributed by atoms with Crippen LogP contribution < -0.4 is 16.0 Å². The summed E-state index contributed by atoms with van der Waals surface area (Å²) in [5, 5.41) is 9.19. The number of amides is 2. The van der Waals surface area contributed by atoms with Gasteiger partial charge in [0, 0.05) is 24.2 Å². The van der Waals surface area contributed by atoms with Crippen LogP contribution in [0.5, 0.6) is 0 Å². The Kier molecular flexibility index (Phi) is 3.22. The van der Waals surface area contributed by atoms with Gasteiger partial charge in [-0.1, -0.05) is 0 Å². The van der Waals surface area contributed by atoms with Crippen molar-refractivity contribution in [3.8, 4) is 0 Å². The van der Waals surface area contributed by atoms with Crippen LogP contribution in [0.25, 0.3) is 0 Å². The topological polar surface area (TPSA) is 70.2 Å². The molecule has 1 atom stereocenters. The molecule has 1 unspecified atom stereocenters. The molecule has 0 bridgehead atoms. The van der Waals surface area contributed by atoms with E-state index < -0.39 is 0 Å². The van der Waals surface area contributed by atoms with Crippen molar-refractivity contribution >= 4 is 17.5 Å². The molecule has 0 spiro atoms. The van der Waals surface area contributed by atoms with Crippen LogP contribution in [0.1, 0.15) is 35.7 Å². The summed E-state index contributed by atoms with van der Waals surface area (Å²) in [6.45, 7) is 3.80. The summed E-state index contributed by atoms with van der Waals surface area (Å²) in [5.41, 5.74) is 2.35. The van der Waals surface area contributed by atoms with Crippen LogP contribution in [-0.4, -0.2) is 30.4 Å². The fourth-order valence-electron chi connectivity index (χ4n) is 2.79. The van der Waals surface area contributed by atoms with E-state index in [4.69, 9.17) is 0 Å². The number of anilines is 1. The van der Waals surface area contributed by atoms with E-state index in [2.05, 4.69) is 22.9 Å². The zero-order valence-electron chi connectivity index (χ0n) is 11.6. The predicted molar refractivity (Wildman–Crippen MR) is 76.8 cm³/mol. The molecule has 5 heteroatoms. The lowest BCUT2D eigenvalue weighted by molar-refractivity contribution is -0.116. The largest absolute Gasteiger partial charge is 0.346 e. The Balaban J connectivity index is 1.77. The molecule has 1 fully saturated rings. The highest BCUT2D eigenvalue weighted by Gasteiger charge is 2.30. The second-order valence-corrected chi connectivity index (χ2v) is 5.86. The van der Waals surface area contributed by atoms with Gasteiger partial charge >= 0.3 is 0 Å². The molecular formula is C15H19N3O2. The molecule has 2 aliphatic rings. The zero-order chi connectivity index (χ0) is 14.2. The van der Waals surface area contributed by atoms with E-state index in [1.807, 2.05) is 12.1 Å². The van der Waals surface area contributed by atoms with Gasteiger partial charge in [-0.15, -0.1) is 0 Å². The Labute approximate surface area is 118 Å². The van der Waals surface area contributed by atoms with Gasteiger partial charge in [-0.25, -0.2) is 0 Å². The van der Waals surface area contributed by atoms with E-state index in [1.165, 1.54) is 0 Å². The Morgan fingerprint density at radius 1 is 1.35 bits per heavy atom. The van der Waals surface area contributed by atoms with E-state index in [1.54, 1.807) is 6.07 Å². The number of benzene rings is 1. The Morgan fingerprint density at radius 2 is 2.20 bits per heavy atom. The molecule has 0 radical (unpaired) electrons. The summed E-state index contributed by atoms with van der Waals surface area (Å²) in [6.07, 6.45) is 2.13. The molecule has 2 heterocycles. The van der Waals surface area contributed by atoms with Gasteiger partial charge in [-0.2, -0.15) is 0 Å². The fraction of sp³-hybridized carbons (Fsp3) is 0.467. The number of hydrogen-bond acceptors (Lipinski definition) is 3. The molecule has 1 aromatic rings. The highest BCUT2D eigenvalue weighted by Crippen LogP contribution is 2.24. The van der Waals surface area contributed by atoms with Gasteiger partial charge in [0.2, 0.25) is 5.91 Å². The van der Waals surface area contributed by atoms with E-state index in [9.17, 15) is 9.59 Å². The summed E-state index contributed by atoms with van der Waals surface area (Å²) < 4.78 is 0. The maximum Gasteiger partial charge on any atom is 0.251 e. The molecule has 1 aromatic carbocycles. The number of nitrogens with one attached hydrogen (secondary N) is 3. The van der Waals surface area contributed by atoms with Crippen molar-refractivity contribution in [2.75, 3.05) is 18.4 Å². The quantitative estimate of drug-likeness (QED) is 0.754. The first-order chi connectivity index (χ1) is 9.56. The summed E-state index contributed by atoms with van der Waals surface area (Å²) in [7, 11) is 0. The minimum atomic E-state index is -0.165. The zero-order valence-corrected chi connectivity index (χ0v) is 11.6. The van der Waals surface area contributed by atoms with Crippen LogP contribution in [0.3, 0.4) is 0 Å². The molecular weight excluding hydrogens is 254 g/mol. The summed E-state index contributed by atoms with van der Waals surface area (Å²) in [4.78, 5) is 23.6. The number of aryl methyl sites for hydroxylation is 1. The Bertz CT molecular complexity index is 562. The highest BCUT2D eigenvalue weighted by molar-refractivity contribution is 5.98. The maximum atomic E-state index is 12.3. The first kappa shape index (κ1) is 13.1. The Morgan fingerprint density at radius 3 is 2.95 bits per heavy atom. The highest BCUT2D eigenvalue weighted by atomic mass is 16.2. The summed E-state index contributed by atoms with van der Waals surface area (Å²) >= 11 is 0. The van der Waals surface area contributed by atoms with Crippen LogP contribution in [0.2, 0.25) is 0 Å². The van der Waals surface area contributed by atoms with Crippen molar-refractivity contribution in [3.05, 3.63) is 29.3 Å². The molecule has 3 rings (SSSR count). The van der Waals surface area contributed by atoms with Crippen LogP contribution in [0.15, 0.2) is 18.2 Å². The van der Waals surface area contributed by atoms with Crippen LogP contribution >= 0.6 is 0 Å². The monoisotopic (exact) mass is 273 g/mol. The van der Waals surface area contributed by atoms with Crippen LogP contribution in [0, 0.1) is 0 Å². The number of hydrogen-bond donors (Lipinski definition) is 3. The number of carbonyl (C=O) groups excluding carboxylic acids is 2. The lowest BCUT2D eigenvalue weighted by atomic mass is 9.98. The molecule has 5 nitrogen and oxygen atoms in total. The average Bonchev–Trinajstić information content (AvgIpc) is 2.84. The number of carbonyl (C=O) groups is 2. The smallest absolute Gasteiger partial charge is 0.251 e. The van der Waals surface area contributed by atoms with Gasteiger partial charge < -0.3 is 16.0 Å². The lowest BCUT2D eigenvalue weighted by Gasteiger charge is -2.25. The molecule has 0 saturated carbocycles. The minimum Gasteiger partial charge on any atom is -0.346 e. The second-order valence-electron chi connectivity index (χ2n) is 5.86. The number of fused-ring (bicyclic) bond motifs is 1. The Hall–Kier alpha value is -1.88. The molecule has 1 saturated heterocycles. The third-order valence-corrected chi connectivity index (χ3v) is 4.05. The van der Waals surface area contributed by atoms with Gasteiger partial charge in [0.05, 0.1) is 5.54 Å². The van der Waals surface area contributed by atoms with E-state index in [-0.39, 0.29) is 17.4 Å². The van der Waals surface area contributed by atoms with E-state index >= 15 is 0 Å². The second kappa shape index (κ2) is 4.90. The van der Waals surface area contributed by atoms with E-state index in [0.29, 0.717) is 18.4 Å². The third kappa shape index (κ3) is 2.54. The predicted octanol–water partition coefficient (Wildman–Crippen LogP) is 1.05. The van der Waals surface area contributed by atoms with Crippen LogP contribution in [0.4, 0.5) is 5.69 Å². The van der Waals surface area contributed by atoms with Gasteiger partial charge in [0.25, 0.3) is 5.91 Å². The normalized spacial score (nSPS) is 24.9. The van der Waals surface area contributed by atoms with Crippen LogP contribution in [-0.2, 0) is 11.2 Å². The van der Waals surface area contributed by atoms with Gasteiger partial charge in [-0.05, 0) is 50.1 Å². The van der Waals surface area contributed by atoms with Gasteiger partial charge in [0.15, 0.2) is 0 Å². The summed E-state index contributed by atoms with van der Waals surface area (Å²) in [6, 6.07) is 5.47. The molecule has 3 N–H and O–H groups in total. The average molecular weight is 273 g/mol. The van der Waals surface area contributed by atoms with Gasteiger partial charge in [-0.3, -0.25) is 9.59 Å². The van der Waals surface area contributed by atoms with Crippen molar-refractivity contribution in [2.45, 2.75) is 31.7 Å². The fourth-order valence-corrected chi connectivity index (χ4v) is 2.79. The minimum absolute atomic E-state index is 0.0410. The molecule has 106 valence electrons. The standard InChI is InChI=1S/C15H19N3O2/c1-15(6-7-16-9-15)18-14(20)11-2-4-12-10(8-11)3-5-13(19)17-12/h2,4,8,16H,3,5-7,9H2,1H3,(H,17,19)(H,18,20). The first-order valence-corrected chi connectivity index (χ1v) is 7.02. The maximum absolute atomic E-state index is 12.3. The molecule has 20 heavy (non-hydrogen) atoms. The SMILES string of the molecule is CC1(NC(=O)c2ccc3c(c2)CCC(=O)N3)CCNC1. The van der Waals surface area contributed by atoms with Crippen molar-refractivity contribution in [2.24, 2.45) is 0 Å². The van der Waals surface area contributed by atoms with Gasteiger partial charge in [0.1, 0.15) is 0 Å². The van der Waals surface area contributed by atoms with Crippen molar-refractivity contribution in [3.63, 3.8) is 0 Å². The third-order valence-electron chi connectivity index (χ3n) is 4.05. The molecule has 2 amide bonds. The first-order valence-electron chi connectivity index (χ1n) is 7.02. The molecule has 0 aliphatic carbocycles. The molecule has 0 aromatic heterocycles. The van der Waals surface area contributed by atoms with Crippen molar-refractivity contribution in [1.29, 1.82) is 0 Å². The lowest BCUT2D eigenvalue weighted by Crippen LogP contribution is -2.47. The van der Waals surface area contributed by atoms with Crippen molar-refractivity contribution in [1.82, 2.24) is 10.6 Å². The summed E-state index contributed by atoms with van der Waals surface area (Å²) in [5.74, 6) is -0.00450. The van der Waals surface area contributed by atoms with E-state index in [0.717, 1.165) is 30.8 Å².